The number of carboxylic acids is 1. The third kappa shape index (κ3) is 1.66. The number of aromatic nitrogens is 1. The van der Waals surface area contributed by atoms with Gasteiger partial charge in [-0.05, 0) is 24.6 Å². The number of hydrogen-bond donors (Lipinski definition) is 1. The van der Waals surface area contributed by atoms with Crippen LogP contribution in [0.25, 0.3) is 10.9 Å². The third-order valence-corrected chi connectivity index (χ3v) is 2.20. The Morgan fingerprint density at radius 1 is 1.40 bits per heavy atom. The third-order valence-electron chi connectivity index (χ3n) is 2.20. The van der Waals surface area contributed by atoms with Gasteiger partial charge in [-0.3, -0.25) is 0 Å². The zero-order valence-corrected chi connectivity index (χ0v) is 7.99. The van der Waals surface area contributed by atoms with Crippen LogP contribution >= 0.6 is 0 Å². The number of fused-ring (bicyclic) bond motifs is 1. The van der Waals surface area contributed by atoms with Crippen molar-refractivity contribution in [1.29, 1.82) is 0 Å². The van der Waals surface area contributed by atoms with Gasteiger partial charge in [-0.25, -0.2) is 14.2 Å². The number of carbonyl (C=O) groups is 1. The summed E-state index contributed by atoms with van der Waals surface area (Å²) < 4.78 is 13.0. The molecule has 0 aliphatic heterocycles. The minimum atomic E-state index is -1.11. The number of aryl methyl sites for hydroxylation is 1. The Balaban J connectivity index is 2.76. The summed E-state index contributed by atoms with van der Waals surface area (Å²) in [6.07, 6.45) is 0. The van der Waals surface area contributed by atoms with Crippen molar-refractivity contribution < 1.29 is 14.3 Å². The molecule has 1 heterocycles. The Labute approximate surface area is 85.2 Å². The predicted octanol–water partition coefficient (Wildman–Crippen LogP) is 2.38. The van der Waals surface area contributed by atoms with E-state index in [4.69, 9.17) is 5.11 Å². The van der Waals surface area contributed by atoms with Crippen LogP contribution in [0.1, 0.15) is 16.1 Å². The van der Waals surface area contributed by atoms with Crippen LogP contribution in [0.4, 0.5) is 4.39 Å². The molecule has 4 heteroatoms. The van der Waals surface area contributed by atoms with Gasteiger partial charge in [-0.2, -0.15) is 0 Å². The van der Waals surface area contributed by atoms with Crippen LogP contribution in [0.5, 0.6) is 0 Å². The number of aromatic carboxylic acids is 1. The highest BCUT2D eigenvalue weighted by molar-refractivity contribution is 5.90. The highest BCUT2D eigenvalue weighted by atomic mass is 19.1. The lowest BCUT2D eigenvalue weighted by Crippen LogP contribution is -2.00. The quantitative estimate of drug-likeness (QED) is 0.777. The van der Waals surface area contributed by atoms with Gasteiger partial charge in [0.15, 0.2) is 0 Å². The number of rotatable bonds is 1. The monoisotopic (exact) mass is 205 g/mol. The predicted molar refractivity (Wildman–Crippen MR) is 53.4 cm³/mol. The molecule has 1 aromatic heterocycles. The van der Waals surface area contributed by atoms with Crippen LogP contribution in [0.2, 0.25) is 0 Å². The maximum Gasteiger partial charge on any atom is 0.354 e. The van der Waals surface area contributed by atoms with Gasteiger partial charge in [-0.1, -0.05) is 6.07 Å². The zero-order valence-electron chi connectivity index (χ0n) is 7.99. The van der Waals surface area contributed by atoms with E-state index in [1.807, 2.05) is 0 Å². The lowest BCUT2D eigenvalue weighted by atomic mass is 10.1. The van der Waals surface area contributed by atoms with Crippen molar-refractivity contribution >= 4 is 16.9 Å². The number of pyridine rings is 1. The lowest BCUT2D eigenvalue weighted by molar-refractivity contribution is 0.0691. The number of benzene rings is 1. The summed E-state index contributed by atoms with van der Waals surface area (Å²) in [6.45, 7) is 1.76. The van der Waals surface area contributed by atoms with E-state index in [0.29, 0.717) is 5.52 Å². The molecule has 0 aliphatic carbocycles. The van der Waals surface area contributed by atoms with Crippen molar-refractivity contribution in [2.24, 2.45) is 0 Å². The van der Waals surface area contributed by atoms with Crippen LogP contribution < -0.4 is 0 Å². The molecule has 15 heavy (non-hydrogen) atoms. The Kier molecular flexibility index (Phi) is 2.11. The van der Waals surface area contributed by atoms with E-state index in [2.05, 4.69) is 4.98 Å². The van der Waals surface area contributed by atoms with Crippen molar-refractivity contribution in [3.63, 3.8) is 0 Å². The summed E-state index contributed by atoms with van der Waals surface area (Å²) in [7, 11) is 0. The molecule has 1 N–H and O–H groups in total. The Morgan fingerprint density at radius 2 is 2.13 bits per heavy atom. The molecular formula is C11H8FNO2. The average Bonchev–Trinajstić information content (AvgIpc) is 2.16. The highest BCUT2D eigenvalue weighted by Crippen LogP contribution is 2.18. The number of carboxylic acid groups (broad SMARTS) is 1. The summed E-state index contributed by atoms with van der Waals surface area (Å²) in [5.74, 6) is -1.52. The van der Waals surface area contributed by atoms with Gasteiger partial charge < -0.3 is 5.11 Å². The molecule has 0 saturated heterocycles. The molecule has 2 rings (SSSR count). The lowest BCUT2D eigenvalue weighted by Gasteiger charge is -2.02. The first-order chi connectivity index (χ1) is 7.08. The van der Waals surface area contributed by atoms with E-state index in [1.54, 1.807) is 13.0 Å². The van der Waals surface area contributed by atoms with Crippen molar-refractivity contribution in [1.82, 2.24) is 4.98 Å². The van der Waals surface area contributed by atoms with E-state index < -0.39 is 11.8 Å². The fourth-order valence-corrected chi connectivity index (χ4v) is 1.49. The number of nitrogens with zero attached hydrogens (tertiary/aromatic N) is 1. The first kappa shape index (κ1) is 9.58. The van der Waals surface area contributed by atoms with Crippen molar-refractivity contribution in [2.45, 2.75) is 6.92 Å². The standard InChI is InChI=1S/C11H8FNO2/c1-6-4-7(12)5-10-8(6)2-3-9(13-10)11(14)15/h2-5H,1H3,(H,14,15). The van der Waals surface area contributed by atoms with Crippen LogP contribution in [-0.2, 0) is 0 Å². The van der Waals surface area contributed by atoms with Gasteiger partial charge in [-0.15, -0.1) is 0 Å². The van der Waals surface area contributed by atoms with Crippen molar-refractivity contribution in [3.05, 3.63) is 41.3 Å². The molecule has 0 aliphatic rings. The summed E-state index contributed by atoms with van der Waals surface area (Å²) in [5.41, 5.74) is 1.04. The molecule has 0 saturated carbocycles. The highest BCUT2D eigenvalue weighted by Gasteiger charge is 2.07. The second-order valence-corrected chi connectivity index (χ2v) is 3.29. The average molecular weight is 205 g/mol. The molecule has 3 nitrogen and oxygen atoms in total. The van der Waals surface area contributed by atoms with Gasteiger partial charge >= 0.3 is 5.97 Å². The molecule has 0 atom stereocenters. The SMILES string of the molecule is Cc1cc(F)cc2nc(C(=O)O)ccc12. The second kappa shape index (κ2) is 3.31. The van der Waals surface area contributed by atoms with Crippen LogP contribution in [0.15, 0.2) is 24.3 Å². The molecule has 0 fully saturated rings. The summed E-state index contributed by atoms with van der Waals surface area (Å²) in [5, 5.41) is 9.49. The Bertz CT molecular complexity index is 552. The zero-order chi connectivity index (χ0) is 11.0. The Hall–Kier alpha value is -1.97. The molecule has 0 bridgehead atoms. The molecule has 0 unspecified atom stereocenters. The van der Waals surface area contributed by atoms with Gasteiger partial charge in [0.05, 0.1) is 5.52 Å². The minimum absolute atomic E-state index is 0.0764. The fourth-order valence-electron chi connectivity index (χ4n) is 1.49. The van der Waals surface area contributed by atoms with Gasteiger partial charge in [0.25, 0.3) is 0 Å². The first-order valence-electron chi connectivity index (χ1n) is 4.38. The van der Waals surface area contributed by atoms with Crippen molar-refractivity contribution in [3.8, 4) is 0 Å². The van der Waals surface area contributed by atoms with Crippen molar-refractivity contribution in [2.75, 3.05) is 0 Å². The number of halogens is 1. The normalized spacial score (nSPS) is 10.5. The molecule has 0 spiro atoms. The maximum absolute atomic E-state index is 13.0. The van der Waals surface area contributed by atoms with E-state index >= 15 is 0 Å². The molecule has 76 valence electrons. The van der Waals surface area contributed by atoms with Crippen LogP contribution in [0, 0.1) is 12.7 Å². The second-order valence-electron chi connectivity index (χ2n) is 3.29. The maximum atomic E-state index is 13.0. The Morgan fingerprint density at radius 3 is 2.80 bits per heavy atom. The molecule has 1 aromatic carbocycles. The van der Waals surface area contributed by atoms with E-state index in [-0.39, 0.29) is 5.69 Å². The molecule has 2 aromatic rings. The van der Waals surface area contributed by atoms with E-state index in [0.717, 1.165) is 10.9 Å². The van der Waals surface area contributed by atoms with Crippen LogP contribution in [-0.4, -0.2) is 16.1 Å². The molecule has 0 radical (unpaired) electrons. The molecule has 0 amide bonds. The smallest absolute Gasteiger partial charge is 0.354 e. The van der Waals surface area contributed by atoms with Gasteiger partial charge in [0.1, 0.15) is 11.5 Å². The van der Waals surface area contributed by atoms with Gasteiger partial charge in [0, 0.05) is 11.5 Å². The van der Waals surface area contributed by atoms with Gasteiger partial charge in [0.2, 0.25) is 0 Å². The largest absolute Gasteiger partial charge is 0.477 e. The summed E-state index contributed by atoms with van der Waals surface area (Å²) in [6, 6.07) is 5.68. The fraction of sp³-hybridized carbons (Fsp3) is 0.0909. The number of hydrogen-bond acceptors (Lipinski definition) is 2. The van der Waals surface area contributed by atoms with Crippen LogP contribution in [0.3, 0.4) is 0 Å². The summed E-state index contributed by atoms with van der Waals surface area (Å²) >= 11 is 0. The van der Waals surface area contributed by atoms with E-state index in [1.165, 1.54) is 18.2 Å². The minimum Gasteiger partial charge on any atom is -0.477 e. The summed E-state index contributed by atoms with van der Waals surface area (Å²) in [4.78, 5) is 14.5. The van der Waals surface area contributed by atoms with E-state index in [9.17, 15) is 9.18 Å². The molecular weight excluding hydrogens is 197 g/mol. The topological polar surface area (TPSA) is 50.2 Å². The first-order valence-corrected chi connectivity index (χ1v) is 4.38.